The van der Waals surface area contributed by atoms with E-state index in [9.17, 15) is 24.2 Å². The van der Waals surface area contributed by atoms with E-state index in [0.717, 1.165) is 12.1 Å². The van der Waals surface area contributed by atoms with Crippen molar-refractivity contribution in [3.63, 3.8) is 0 Å². The summed E-state index contributed by atoms with van der Waals surface area (Å²) >= 11 is 0. The lowest BCUT2D eigenvalue weighted by Crippen LogP contribution is -2.17. The molecule has 0 radical (unpaired) electrons. The first-order chi connectivity index (χ1) is 12.9. The first kappa shape index (κ1) is 17.9. The molecule has 0 aliphatic heterocycles. The van der Waals surface area contributed by atoms with E-state index < -0.39 is 17.6 Å². The summed E-state index contributed by atoms with van der Waals surface area (Å²) in [7, 11) is 0. The van der Waals surface area contributed by atoms with E-state index in [2.05, 4.69) is 10.6 Å². The van der Waals surface area contributed by atoms with Crippen molar-refractivity contribution >= 4 is 23.2 Å². The fourth-order valence-electron chi connectivity index (χ4n) is 2.41. The Morgan fingerprint density at radius 2 is 1.22 bits per heavy atom. The fourth-order valence-corrected chi connectivity index (χ4v) is 2.41. The van der Waals surface area contributed by atoms with Crippen LogP contribution in [-0.4, -0.2) is 22.0 Å². The molecule has 6 nitrogen and oxygen atoms in total. The van der Waals surface area contributed by atoms with E-state index in [0.29, 0.717) is 0 Å². The van der Waals surface area contributed by atoms with E-state index in [-0.39, 0.29) is 34.0 Å². The molecule has 7 heteroatoms. The van der Waals surface area contributed by atoms with Crippen LogP contribution in [-0.2, 0) is 0 Å². The quantitative estimate of drug-likeness (QED) is 0.565. The normalized spacial score (nSPS) is 10.3. The van der Waals surface area contributed by atoms with Crippen LogP contribution in [0.25, 0.3) is 0 Å². The number of halogens is 1. The summed E-state index contributed by atoms with van der Waals surface area (Å²) in [5, 5.41) is 24.0. The molecule has 4 N–H and O–H groups in total. The van der Waals surface area contributed by atoms with Crippen molar-refractivity contribution in [3.05, 3.63) is 83.7 Å². The van der Waals surface area contributed by atoms with Gasteiger partial charge < -0.3 is 20.8 Å². The SMILES string of the molecule is O=C(Nc1ccc(F)cc1NC(=O)c1cccc(O)c1)c1cccc(O)c1. The molecule has 0 spiro atoms. The minimum absolute atomic E-state index is 0.0526. The summed E-state index contributed by atoms with van der Waals surface area (Å²) in [6.07, 6.45) is 0. The van der Waals surface area contributed by atoms with Crippen molar-refractivity contribution < 1.29 is 24.2 Å². The van der Waals surface area contributed by atoms with Crippen LogP contribution < -0.4 is 10.6 Å². The number of carbonyl (C=O) groups is 2. The van der Waals surface area contributed by atoms with Gasteiger partial charge in [0.1, 0.15) is 17.3 Å². The number of rotatable bonds is 4. The van der Waals surface area contributed by atoms with Crippen LogP contribution in [0.1, 0.15) is 20.7 Å². The Morgan fingerprint density at radius 1 is 0.704 bits per heavy atom. The van der Waals surface area contributed by atoms with Crippen molar-refractivity contribution in [3.8, 4) is 11.5 Å². The summed E-state index contributed by atoms with van der Waals surface area (Å²) in [6, 6.07) is 14.9. The molecule has 0 aliphatic rings. The lowest BCUT2D eigenvalue weighted by Gasteiger charge is -2.13. The van der Waals surface area contributed by atoms with Gasteiger partial charge in [0.15, 0.2) is 0 Å². The number of aromatic hydroxyl groups is 2. The van der Waals surface area contributed by atoms with Gasteiger partial charge in [0, 0.05) is 11.1 Å². The van der Waals surface area contributed by atoms with Gasteiger partial charge in [-0.2, -0.15) is 0 Å². The summed E-state index contributed by atoms with van der Waals surface area (Å²) < 4.78 is 13.6. The number of benzene rings is 3. The second kappa shape index (κ2) is 7.57. The lowest BCUT2D eigenvalue weighted by molar-refractivity contribution is 0.101. The Kier molecular flexibility index (Phi) is 5.03. The number of nitrogens with one attached hydrogen (secondary N) is 2. The molecule has 0 bridgehead atoms. The average Bonchev–Trinajstić information content (AvgIpc) is 2.64. The zero-order valence-corrected chi connectivity index (χ0v) is 13.9. The molecule has 0 unspecified atom stereocenters. The van der Waals surface area contributed by atoms with Gasteiger partial charge in [0.05, 0.1) is 11.4 Å². The molecule has 3 rings (SSSR count). The molecule has 136 valence electrons. The van der Waals surface area contributed by atoms with Crippen LogP contribution in [0, 0.1) is 5.82 Å². The highest BCUT2D eigenvalue weighted by Gasteiger charge is 2.14. The van der Waals surface area contributed by atoms with E-state index in [1.807, 2.05) is 0 Å². The lowest BCUT2D eigenvalue weighted by atomic mass is 10.1. The van der Waals surface area contributed by atoms with E-state index in [1.54, 1.807) is 0 Å². The van der Waals surface area contributed by atoms with Crippen LogP contribution in [0.15, 0.2) is 66.7 Å². The molecule has 0 aromatic heterocycles. The molecule has 0 saturated carbocycles. The van der Waals surface area contributed by atoms with Gasteiger partial charge in [-0.25, -0.2) is 4.39 Å². The van der Waals surface area contributed by atoms with Crippen molar-refractivity contribution in [2.45, 2.75) is 0 Å². The predicted octanol–water partition coefficient (Wildman–Crippen LogP) is 3.74. The maximum absolute atomic E-state index is 13.6. The first-order valence-electron chi connectivity index (χ1n) is 7.93. The molecule has 0 aliphatic carbocycles. The highest BCUT2D eigenvalue weighted by atomic mass is 19.1. The number of carbonyl (C=O) groups excluding carboxylic acids is 2. The van der Waals surface area contributed by atoms with Gasteiger partial charge >= 0.3 is 0 Å². The number of amides is 2. The molecule has 0 fully saturated rings. The summed E-state index contributed by atoms with van der Waals surface area (Å²) in [6.45, 7) is 0. The van der Waals surface area contributed by atoms with Gasteiger partial charge in [-0.15, -0.1) is 0 Å². The molecule has 0 heterocycles. The number of hydrogen-bond donors (Lipinski definition) is 4. The number of anilines is 2. The third-order valence-electron chi connectivity index (χ3n) is 3.69. The average molecular weight is 366 g/mol. The van der Waals surface area contributed by atoms with Gasteiger partial charge in [-0.05, 0) is 54.6 Å². The first-order valence-corrected chi connectivity index (χ1v) is 7.93. The van der Waals surface area contributed by atoms with Crippen LogP contribution in [0.2, 0.25) is 0 Å². The molecular formula is C20H15FN2O4. The molecule has 2 amide bonds. The highest BCUT2D eigenvalue weighted by Crippen LogP contribution is 2.25. The number of hydrogen-bond acceptors (Lipinski definition) is 4. The fraction of sp³-hybridized carbons (Fsp3) is 0. The van der Waals surface area contributed by atoms with Crippen LogP contribution in [0.5, 0.6) is 11.5 Å². The summed E-state index contributed by atoms with van der Waals surface area (Å²) in [5.74, 6) is -1.87. The maximum Gasteiger partial charge on any atom is 0.255 e. The number of phenols is 2. The van der Waals surface area contributed by atoms with Gasteiger partial charge in [0.25, 0.3) is 11.8 Å². The van der Waals surface area contributed by atoms with E-state index >= 15 is 0 Å². The van der Waals surface area contributed by atoms with Gasteiger partial charge in [0.2, 0.25) is 0 Å². The third-order valence-corrected chi connectivity index (χ3v) is 3.69. The highest BCUT2D eigenvalue weighted by molar-refractivity contribution is 6.10. The Hall–Kier alpha value is -3.87. The summed E-state index contributed by atoms with van der Waals surface area (Å²) in [5.41, 5.74) is 0.601. The summed E-state index contributed by atoms with van der Waals surface area (Å²) in [4.78, 5) is 24.7. The largest absolute Gasteiger partial charge is 0.508 e. The minimum atomic E-state index is -0.600. The smallest absolute Gasteiger partial charge is 0.255 e. The number of phenolic OH excluding ortho intramolecular Hbond substituents is 2. The van der Waals surface area contributed by atoms with Gasteiger partial charge in [-0.3, -0.25) is 9.59 Å². The monoisotopic (exact) mass is 366 g/mol. The standard InChI is InChI=1S/C20H15FN2O4/c21-14-7-8-17(22-19(26)12-3-1-5-15(24)9-12)18(11-14)23-20(27)13-4-2-6-16(25)10-13/h1-11,24-25H,(H,22,26)(H,23,27). The van der Waals surface area contributed by atoms with Crippen molar-refractivity contribution in [1.82, 2.24) is 0 Å². The molecule has 27 heavy (non-hydrogen) atoms. The predicted molar refractivity (Wildman–Crippen MR) is 98.5 cm³/mol. The minimum Gasteiger partial charge on any atom is -0.508 e. The van der Waals surface area contributed by atoms with Crippen LogP contribution in [0.3, 0.4) is 0 Å². The van der Waals surface area contributed by atoms with Crippen LogP contribution >= 0.6 is 0 Å². The Labute approximate surface area is 153 Å². The molecule has 3 aromatic rings. The van der Waals surface area contributed by atoms with Crippen LogP contribution in [0.4, 0.5) is 15.8 Å². The third kappa shape index (κ3) is 4.40. The van der Waals surface area contributed by atoms with Crippen molar-refractivity contribution in [2.75, 3.05) is 10.6 Å². The second-order valence-electron chi connectivity index (χ2n) is 5.70. The Bertz CT molecular complexity index is 1020. The zero-order chi connectivity index (χ0) is 19.4. The van der Waals surface area contributed by atoms with Gasteiger partial charge in [-0.1, -0.05) is 12.1 Å². The molecular weight excluding hydrogens is 351 g/mol. The zero-order valence-electron chi connectivity index (χ0n) is 13.9. The van der Waals surface area contributed by atoms with Crippen molar-refractivity contribution in [2.24, 2.45) is 0 Å². The maximum atomic E-state index is 13.6. The van der Waals surface area contributed by atoms with E-state index in [1.165, 1.54) is 54.6 Å². The molecule has 0 atom stereocenters. The molecule has 3 aromatic carbocycles. The Balaban J connectivity index is 1.85. The topological polar surface area (TPSA) is 98.7 Å². The van der Waals surface area contributed by atoms with Crippen molar-refractivity contribution in [1.29, 1.82) is 0 Å². The second-order valence-corrected chi connectivity index (χ2v) is 5.70. The Morgan fingerprint density at radius 3 is 1.74 bits per heavy atom. The van der Waals surface area contributed by atoms with E-state index in [4.69, 9.17) is 0 Å². The molecule has 0 saturated heterocycles.